The first-order valence-electron chi connectivity index (χ1n) is 5.08. The van der Waals surface area contributed by atoms with Crippen LogP contribution in [0.4, 0.5) is 10.1 Å². The number of benzene rings is 2. The first-order chi connectivity index (χ1) is 8.15. The Balaban J connectivity index is 2.05. The summed E-state index contributed by atoms with van der Waals surface area (Å²) in [7, 11) is 0. The molecule has 0 atom stereocenters. The van der Waals surface area contributed by atoms with Gasteiger partial charge in [-0.1, -0.05) is 23.7 Å². The van der Waals surface area contributed by atoms with Crippen molar-refractivity contribution in [3.8, 4) is 0 Å². The predicted octanol–water partition coefficient (Wildman–Crippen LogP) is 4.85. The van der Waals surface area contributed by atoms with E-state index in [2.05, 4.69) is 21.2 Å². The van der Waals surface area contributed by atoms with Gasteiger partial charge in [0, 0.05) is 16.7 Å². The van der Waals surface area contributed by atoms with Gasteiger partial charge in [-0.05, 0) is 51.8 Å². The predicted molar refractivity (Wildman–Crippen MR) is 72.9 cm³/mol. The summed E-state index contributed by atoms with van der Waals surface area (Å²) in [4.78, 5) is 0. The lowest BCUT2D eigenvalue weighted by atomic mass is 10.2. The third-order valence-corrected chi connectivity index (χ3v) is 3.52. The molecule has 0 aromatic heterocycles. The van der Waals surface area contributed by atoms with Gasteiger partial charge in [0.15, 0.2) is 0 Å². The van der Waals surface area contributed by atoms with E-state index in [9.17, 15) is 4.39 Å². The van der Waals surface area contributed by atoms with E-state index in [1.807, 2.05) is 18.2 Å². The standard InChI is InChI=1S/C13H10BrClFN/c14-12-7-11(4-5-13(12)15)17-8-9-2-1-3-10(16)6-9/h1-7,17H,8H2. The molecule has 0 aliphatic carbocycles. The molecule has 1 N–H and O–H groups in total. The number of rotatable bonds is 3. The van der Waals surface area contributed by atoms with Crippen molar-refractivity contribution < 1.29 is 4.39 Å². The molecule has 0 fully saturated rings. The number of halogens is 3. The largest absolute Gasteiger partial charge is 0.381 e. The van der Waals surface area contributed by atoms with Crippen LogP contribution in [-0.4, -0.2) is 0 Å². The molecular formula is C13H10BrClFN. The molecule has 88 valence electrons. The summed E-state index contributed by atoms with van der Waals surface area (Å²) in [6.07, 6.45) is 0. The highest BCUT2D eigenvalue weighted by Gasteiger charge is 1.99. The van der Waals surface area contributed by atoms with Gasteiger partial charge < -0.3 is 5.32 Å². The van der Waals surface area contributed by atoms with Crippen molar-refractivity contribution in [2.45, 2.75) is 6.54 Å². The van der Waals surface area contributed by atoms with Crippen molar-refractivity contribution in [1.29, 1.82) is 0 Å². The SMILES string of the molecule is Fc1cccc(CNc2ccc(Cl)c(Br)c2)c1. The van der Waals surface area contributed by atoms with E-state index in [1.54, 1.807) is 12.1 Å². The minimum absolute atomic E-state index is 0.221. The third kappa shape index (κ3) is 3.45. The lowest BCUT2D eigenvalue weighted by Gasteiger charge is -2.07. The molecule has 0 saturated heterocycles. The van der Waals surface area contributed by atoms with Crippen LogP contribution in [0.15, 0.2) is 46.9 Å². The summed E-state index contributed by atoms with van der Waals surface area (Å²) in [6.45, 7) is 0.575. The van der Waals surface area contributed by atoms with Gasteiger partial charge in [-0.2, -0.15) is 0 Å². The van der Waals surface area contributed by atoms with E-state index >= 15 is 0 Å². The van der Waals surface area contributed by atoms with Crippen LogP contribution in [0.3, 0.4) is 0 Å². The van der Waals surface area contributed by atoms with Gasteiger partial charge in [-0.25, -0.2) is 4.39 Å². The van der Waals surface area contributed by atoms with Crippen LogP contribution in [0.5, 0.6) is 0 Å². The molecule has 4 heteroatoms. The van der Waals surface area contributed by atoms with E-state index in [1.165, 1.54) is 12.1 Å². The maximum absolute atomic E-state index is 13.0. The van der Waals surface area contributed by atoms with Gasteiger partial charge in [-0.3, -0.25) is 0 Å². The Morgan fingerprint density at radius 3 is 2.71 bits per heavy atom. The highest BCUT2D eigenvalue weighted by Crippen LogP contribution is 2.25. The molecule has 0 amide bonds. The number of anilines is 1. The van der Waals surface area contributed by atoms with Crippen molar-refractivity contribution in [2.24, 2.45) is 0 Å². The summed E-state index contributed by atoms with van der Waals surface area (Å²) in [5, 5.41) is 3.87. The molecule has 2 rings (SSSR count). The van der Waals surface area contributed by atoms with Crippen molar-refractivity contribution in [1.82, 2.24) is 0 Å². The van der Waals surface area contributed by atoms with Crippen molar-refractivity contribution in [3.05, 3.63) is 63.3 Å². The fourth-order valence-electron chi connectivity index (χ4n) is 1.46. The van der Waals surface area contributed by atoms with Gasteiger partial charge in [0.05, 0.1) is 5.02 Å². The van der Waals surface area contributed by atoms with Crippen LogP contribution in [0, 0.1) is 5.82 Å². The van der Waals surface area contributed by atoms with E-state index in [0.717, 1.165) is 15.7 Å². The minimum atomic E-state index is -0.221. The highest BCUT2D eigenvalue weighted by atomic mass is 79.9. The topological polar surface area (TPSA) is 12.0 Å². The zero-order valence-corrected chi connectivity index (χ0v) is 11.2. The molecule has 0 spiro atoms. The Morgan fingerprint density at radius 2 is 2.00 bits per heavy atom. The van der Waals surface area contributed by atoms with Crippen molar-refractivity contribution in [3.63, 3.8) is 0 Å². The normalized spacial score (nSPS) is 10.3. The Morgan fingerprint density at radius 1 is 1.18 bits per heavy atom. The van der Waals surface area contributed by atoms with Gasteiger partial charge in [0.25, 0.3) is 0 Å². The lowest BCUT2D eigenvalue weighted by Crippen LogP contribution is -1.99. The molecule has 0 bridgehead atoms. The average molecular weight is 315 g/mol. The summed E-state index contributed by atoms with van der Waals surface area (Å²) < 4.78 is 13.8. The minimum Gasteiger partial charge on any atom is -0.381 e. The quantitative estimate of drug-likeness (QED) is 0.853. The second kappa shape index (κ2) is 5.52. The van der Waals surface area contributed by atoms with Crippen LogP contribution < -0.4 is 5.32 Å². The summed E-state index contributed by atoms with van der Waals surface area (Å²) >= 11 is 9.25. The van der Waals surface area contributed by atoms with Crippen LogP contribution >= 0.6 is 27.5 Å². The van der Waals surface area contributed by atoms with Crippen LogP contribution in [0.25, 0.3) is 0 Å². The van der Waals surface area contributed by atoms with Crippen LogP contribution in [0.1, 0.15) is 5.56 Å². The van der Waals surface area contributed by atoms with E-state index < -0.39 is 0 Å². The van der Waals surface area contributed by atoms with Gasteiger partial charge in [0.1, 0.15) is 5.82 Å². The van der Waals surface area contributed by atoms with Gasteiger partial charge >= 0.3 is 0 Å². The molecule has 0 aliphatic heterocycles. The van der Waals surface area contributed by atoms with Crippen molar-refractivity contribution in [2.75, 3.05) is 5.32 Å². The Labute approximate surface area is 113 Å². The number of nitrogens with one attached hydrogen (secondary N) is 1. The second-order valence-corrected chi connectivity index (χ2v) is 4.87. The summed E-state index contributed by atoms with van der Waals surface area (Å²) in [6, 6.07) is 12.1. The number of hydrogen-bond acceptors (Lipinski definition) is 1. The highest BCUT2D eigenvalue weighted by molar-refractivity contribution is 9.10. The van der Waals surface area contributed by atoms with Crippen LogP contribution in [-0.2, 0) is 6.54 Å². The maximum atomic E-state index is 13.0. The van der Waals surface area contributed by atoms with Gasteiger partial charge in [0.2, 0.25) is 0 Å². The molecule has 1 nitrogen and oxygen atoms in total. The zero-order chi connectivity index (χ0) is 12.3. The molecule has 2 aromatic carbocycles. The Bertz CT molecular complexity index is 531. The zero-order valence-electron chi connectivity index (χ0n) is 8.88. The van der Waals surface area contributed by atoms with E-state index in [4.69, 9.17) is 11.6 Å². The van der Waals surface area contributed by atoms with E-state index in [-0.39, 0.29) is 5.82 Å². The molecule has 2 aromatic rings. The monoisotopic (exact) mass is 313 g/mol. The Kier molecular flexibility index (Phi) is 4.02. The molecule has 0 radical (unpaired) electrons. The molecule has 0 unspecified atom stereocenters. The van der Waals surface area contributed by atoms with E-state index in [0.29, 0.717) is 11.6 Å². The average Bonchev–Trinajstić information content (AvgIpc) is 2.31. The lowest BCUT2D eigenvalue weighted by molar-refractivity contribution is 0.626. The summed E-state index contributed by atoms with van der Waals surface area (Å²) in [5.41, 5.74) is 1.83. The van der Waals surface area contributed by atoms with Crippen molar-refractivity contribution >= 4 is 33.2 Å². The first kappa shape index (κ1) is 12.4. The molecule has 0 saturated carbocycles. The maximum Gasteiger partial charge on any atom is 0.123 e. The molecular weight excluding hydrogens is 305 g/mol. The first-order valence-corrected chi connectivity index (χ1v) is 6.25. The second-order valence-electron chi connectivity index (χ2n) is 3.61. The van der Waals surface area contributed by atoms with Crippen LogP contribution in [0.2, 0.25) is 5.02 Å². The fourth-order valence-corrected chi connectivity index (χ4v) is 1.95. The fraction of sp³-hybridized carbons (Fsp3) is 0.0769. The molecule has 17 heavy (non-hydrogen) atoms. The Hall–Kier alpha value is -1.06. The molecule has 0 aliphatic rings. The summed E-state index contributed by atoms with van der Waals surface area (Å²) in [5.74, 6) is -0.221. The third-order valence-electron chi connectivity index (χ3n) is 2.31. The van der Waals surface area contributed by atoms with Gasteiger partial charge in [-0.15, -0.1) is 0 Å². The smallest absolute Gasteiger partial charge is 0.123 e. The molecule has 0 heterocycles. The number of hydrogen-bond donors (Lipinski definition) is 1.